The number of fused-ring (bicyclic) bond motifs is 1. The molecule has 35 heavy (non-hydrogen) atoms. The fourth-order valence-corrected chi connectivity index (χ4v) is 5.30. The SMILES string of the molecule is Cc1ccc(N2C[C@H](C(=O)Oc3ccc(N4C(=O)[C@@H]5[C@@H](C)C=CC[C@H]5C4=O)cc3)CC2=O)cc1Cl. The molecule has 0 bridgehead atoms. The molecule has 1 aliphatic carbocycles. The van der Waals surface area contributed by atoms with Crippen LogP contribution in [0, 0.1) is 30.6 Å². The highest BCUT2D eigenvalue weighted by Crippen LogP contribution is 2.40. The van der Waals surface area contributed by atoms with E-state index in [1.165, 1.54) is 4.90 Å². The number of imide groups is 1. The van der Waals surface area contributed by atoms with Crippen LogP contribution >= 0.6 is 11.6 Å². The van der Waals surface area contributed by atoms with E-state index in [1.807, 2.05) is 32.1 Å². The molecular weight excluding hydrogens is 468 g/mol. The number of aryl methyl sites for hydroxylation is 1. The maximum Gasteiger partial charge on any atom is 0.316 e. The lowest BCUT2D eigenvalue weighted by atomic mass is 9.78. The summed E-state index contributed by atoms with van der Waals surface area (Å²) in [4.78, 5) is 53.9. The number of rotatable bonds is 4. The van der Waals surface area contributed by atoms with E-state index >= 15 is 0 Å². The molecule has 0 radical (unpaired) electrons. The number of carbonyl (C=O) groups is 4. The van der Waals surface area contributed by atoms with E-state index in [-0.39, 0.29) is 54.2 Å². The van der Waals surface area contributed by atoms with E-state index in [2.05, 4.69) is 0 Å². The zero-order chi connectivity index (χ0) is 24.9. The van der Waals surface area contributed by atoms with Crippen LogP contribution in [0.15, 0.2) is 54.6 Å². The van der Waals surface area contributed by atoms with E-state index in [0.29, 0.717) is 22.8 Å². The van der Waals surface area contributed by atoms with Gasteiger partial charge in [0.15, 0.2) is 0 Å². The molecule has 180 valence electrons. The Balaban J connectivity index is 1.25. The summed E-state index contributed by atoms with van der Waals surface area (Å²) in [5.74, 6) is -2.04. The first kappa shape index (κ1) is 23.3. The highest BCUT2D eigenvalue weighted by molar-refractivity contribution is 6.31. The molecule has 2 aromatic carbocycles. The van der Waals surface area contributed by atoms with Crippen molar-refractivity contribution in [3.8, 4) is 5.75 Å². The zero-order valence-corrected chi connectivity index (χ0v) is 20.2. The Morgan fingerprint density at radius 3 is 2.43 bits per heavy atom. The molecule has 7 nitrogen and oxygen atoms in total. The van der Waals surface area contributed by atoms with Crippen molar-refractivity contribution < 1.29 is 23.9 Å². The van der Waals surface area contributed by atoms with Crippen molar-refractivity contribution in [1.82, 2.24) is 0 Å². The number of nitrogens with zero attached hydrogens (tertiary/aromatic N) is 2. The van der Waals surface area contributed by atoms with Crippen molar-refractivity contribution >= 4 is 46.7 Å². The van der Waals surface area contributed by atoms with Gasteiger partial charge in [0.1, 0.15) is 5.75 Å². The minimum absolute atomic E-state index is 0.0139. The van der Waals surface area contributed by atoms with Crippen LogP contribution in [0.1, 0.15) is 25.3 Å². The Labute approximate surface area is 208 Å². The number of hydrogen-bond donors (Lipinski definition) is 0. The van der Waals surface area contributed by atoms with Gasteiger partial charge in [-0.3, -0.25) is 24.1 Å². The lowest BCUT2D eigenvalue weighted by Gasteiger charge is -2.22. The van der Waals surface area contributed by atoms with Gasteiger partial charge in [0.05, 0.1) is 23.4 Å². The van der Waals surface area contributed by atoms with Gasteiger partial charge in [-0.15, -0.1) is 0 Å². The van der Waals surface area contributed by atoms with E-state index in [4.69, 9.17) is 16.3 Å². The molecule has 0 aromatic heterocycles. The van der Waals surface area contributed by atoms with Crippen molar-refractivity contribution in [2.24, 2.45) is 23.7 Å². The number of amides is 3. The van der Waals surface area contributed by atoms with Gasteiger partial charge in [-0.2, -0.15) is 0 Å². The fourth-order valence-electron chi connectivity index (χ4n) is 5.13. The number of esters is 1. The van der Waals surface area contributed by atoms with Crippen LogP contribution in [0.4, 0.5) is 11.4 Å². The molecule has 0 unspecified atom stereocenters. The normalized spacial score (nSPS) is 25.9. The molecule has 3 amide bonds. The smallest absolute Gasteiger partial charge is 0.316 e. The molecule has 4 atom stereocenters. The van der Waals surface area contributed by atoms with Gasteiger partial charge >= 0.3 is 5.97 Å². The summed E-state index contributed by atoms with van der Waals surface area (Å²) in [5.41, 5.74) is 2.01. The molecule has 0 saturated carbocycles. The monoisotopic (exact) mass is 492 g/mol. The van der Waals surface area contributed by atoms with Gasteiger partial charge in [0, 0.05) is 23.7 Å². The van der Waals surface area contributed by atoms with E-state index < -0.39 is 11.9 Å². The standard InChI is InChI=1S/C27H25ClN2O5/c1-15-6-7-19(13-22(15)28)29-14-17(12-23(29)31)27(34)35-20-10-8-18(9-11-20)30-25(32)21-5-3-4-16(2)24(21)26(30)33/h3-4,6-11,13,16-17,21,24H,5,12,14H2,1-2H3/t16-,17+,21+,24+/m0/s1. The first-order valence-corrected chi connectivity index (χ1v) is 12.0. The van der Waals surface area contributed by atoms with Crippen LogP contribution in [0.3, 0.4) is 0 Å². The highest BCUT2D eigenvalue weighted by atomic mass is 35.5. The van der Waals surface area contributed by atoms with E-state index in [9.17, 15) is 19.2 Å². The summed E-state index contributed by atoms with van der Waals surface area (Å²) in [6.07, 6.45) is 4.57. The second-order valence-electron chi connectivity index (χ2n) is 9.42. The summed E-state index contributed by atoms with van der Waals surface area (Å²) in [6.45, 7) is 4.04. The van der Waals surface area contributed by atoms with Crippen molar-refractivity contribution in [3.63, 3.8) is 0 Å². The quantitative estimate of drug-likeness (QED) is 0.275. The largest absolute Gasteiger partial charge is 0.426 e. The predicted octanol–water partition coefficient (Wildman–Crippen LogP) is 4.31. The lowest BCUT2D eigenvalue weighted by molar-refractivity contribution is -0.139. The van der Waals surface area contributed by atoms with Gasteiger partial charge in [-0.1, -0.05) is 36.7 Å². The third-order valence-corrected chi connectivity index (χ3v) is 7.52. The van der Waals surface area contributed by atoms with Crippen molar-refractivity contribution in [3.05, 3.63) is 65.2 Å². The van der Waals surface area contributed by atoms with Crippen LogP contribution in [-0.2, 0) is 19.2 Å². The molecule has 2 aliphatic heterocycles. The minimum Gasteiger partial charge on any atom is -0.426 e. The van der Waals surface area contributed by atoms with Crippen LogP contribution in [-0.4, -0.2) is 30.2 Å². The molecule has 2 fully saturated rings. The summed E-state index contributed by atoms with van der Waals surface area (Å²) in [5, 5.41) is 0.557. The van der Waals surface area contributed by atoms with Crippen LogP contribution in [0.2, 0.25) is 5.02 Å². The van der Waals surface area contributed by atoms with Gasteiger partial charge in [0.2, 0.25) is 17.7 Å². The van der Waals surface area contributed by atoms with E-state index in [1.54, 1.807) is 41.3 Å². The molecule has 2 heterocycles. The first-order valence-electron chi connectivity index (χ1n) is 11.7. The number of ether oxygens (including phenoxy) is 1. The number of anilines is 2. The second kappa shape index (κ2) is 8.96. The minimum atomic E-state index is -0.610. The maximum absolute atomic E-state index is 13.0. The Kier molecular flexibility index (Phi) is 5.97. The van der Waals surface area contributed by atoms with Gasteiger partial charge < -0.3 is 9.64 Å². The molecule has 2 saturated heterocycles. The molecular formula is C27H25ClN2O5. The fraction of sp³-hybridized carbons (Fsp3) is 0.333. The van der Waals surface area contributed by atoms with Gasteiger partial charge in [-0.05, 0) is 61.2 Å². The van der Waals surface area contributed by atoms with Crippen LogP contribution in [0.5, 0.6) is 5.75 Å². The number of carbonyl (C=O) groups excluding carboxylic acids is 4. The topological polar surface area (TPSA) is 84.0 Å². The van der Waals surface area contributed by atoms with Crippen molar-refractivity contribution in [2.75, 3.05) is 16.3 Å². The molecule has 8 heteroatoms. The Morgan fingerprint density at radius 1 is 1.03 bits per heavy atom. The predicted molar refractivity (Wildman–Crippen MR) is 131 cm³/mol. The lowest BCUT2D eigenvalue weighted by Crippen LogP contribution is -2.31. The van der Waals surface area contributed by atoms with Gasteiger partial charge in [0.25, 0.3) is 0 Å². The van der Waals surface area contributed by atoms with Crippen LogP contribution in [0.25, 0.3) is 0 Å². The average molecular weight is 493 g/mol. The average Bonchev–Trinajstić information content (AvgIpc) is 3.34. The number of allylic oxidation sites excluding steroid dienone is 2. The highest BCUT2D eigenvalue weighted by Gasteiger charge is 2.50. The molecule has 0 spiro atoms. The first-order chi connectivity index (χ1) is 16.7. The summed E-state index contributed by atoms with van der Waals surface area (Å²) >= 11 is 6.19. The number of hydrogen-bond acceptors (Lipinski definition) is 5. The Hall–Kier alpha value is -3.45. The Morgan fingerprint density at radius 2 is 1.74 bits per heavy atom. The Bertz CT molecular complexity index is 1250. The molecule has 3 aliphatic rings. The maximum atomic E-state index is 13.0. The number of halogens is 1. The third kappa shape index (κ3) is 4.14. The molecule has 2 aromatic rings. The van der Waals surface area contributed by atoms with Crippen molar-refractivity contribution in [1.29, 1.82) is 0 Å². The van der Waals surface area contributed by atoms with E-state index in [0.717, 1.165) is 5.56 Å². The third-order valence-electron chi connectivity index (χ3n) is 7.11. The summed E-state index contributed by atoms with van der Waals surface area (Å²) in [6, 6.07) is 11.7. The number of benzene rings is 2. The summed E-state index contributed by atoms with van der Waals surface area (Å²) in [7, 11) is 0. The molecule has 5 rings (SSSR count). The summed E-state index contributed by atoms with van der Waals surface area (Å²) < 4.78 is 5.51. The van der Waals surface area contributed by atoms with Crippen molar-refractivity contribution in [2.45, 2.75) is 26.7 Å². The molecule has 0 N–H and O–H groups in total. The second-order valence-corrected chi connectivity index (χ2v) is 9.83. The van der Waals surface area contributed by atoms with Gasteiger partial charge in [-0.25, -0.2) is 0 Å². The van der Waals surface area contributed by atoms with Crippen LogP contribution < -0.4 is 14.5 Å². The zero-order valence-electron chi connectivity index (χ0n) is 19.4.